The van der Waals surface area contributed by atoms with Crippen LogP contribution in [0.2, 0.25) is 10.0 Å². The lowest BCUT2D eigenvalue weighted by molar-refractivity contribution is 0.561. The number of nitrogens with zero attached hydrogens (tertiary/aromatic N) is 2. The van der Waals surface area contributed by atoms with Crippen molar-refractivity contribution in [3.63, 3.8) is 0 Å². The van der Waals surface area contributed by atoms with Crippen LogP contribution in [0.3, 0.4) is 0 Å². The van der Waals surface area contributed by atoms with Crippen molar-refractivity contribution in [3.05, 3.63) is 128 Å². The molecule has 3 aliphatic heterocycles. The van der Waals surface area contributed by atoms with E-state index in [0.717, 1.165) is 62.0 Å². The monoisotopic (exact) mass is 830 g/mol. The molecule has 4 saturated carbocycles. The second kappa shape index (κ2) is 14.4. The van der Waals surface area contributed by atoms with E-state index in [1.54, 1.807) is 11.6 Å². The molecule has 9 aliphatic rings. The number of halogens is 3. The molecule has 308 valence electrons. The predicted octanol–water partition coefficient (Wildman–Crippen LogP) is 10.4. The lowest BCUT2D eigenvalue weighted by atomic mass is 9.86. The third-order valence-corrected chi connectivity index (χ3v) is 16.7. The summed E-state index contributed by atoms with van der Waals surface area (Å²) in [7, 11) is 0. The topological polar surface area (TPSA) is 101 Å². The van der Waals surface area contributed by atoms with Crippen molar-refractivity contribution in [3.8, 4) is 0 Å². The largest absolute Gasteiger partial charge is 0.385 e. The summed E-state index contributed by atoms with van der Waals surface area (Å²) in [4.78, 5) is 8.84. The molecule has 0 aromatic heterocycles. The lowest BCUT2D eigenvalue weighted by Gasteiger charge is -2.27. The van der Waals surface area contributed by atoms with Crippen LogP contribution in [-0.2, 0) is 34.5 Å². The first kappa shape index (κ1) is 39.4. The number of nitrogens with one attached hydrogen (secondary N) is 2. The SMILES string of the molecule is CC1CC12CCNc1ccc(F)cc12.CC1CC12CCNc1ccccc12.CC1N=CC(c2ccc3c(c2)C2(CC3)CC2N)=N1.NC1CC12CCc1cc(Cl)c(Cl)cc12. The minimum Gasteiger partial charge on any atom is -0.385 e. The molecule has 0 saturated heterocycles. The quantitative estimate of drug-likeness (QED) is 0.153. The van der Waals surface area contributed by atoms with Gasteiger partial charge in [-0.15, -0.1) is 0 Å². The minimum absolute atomic E-state index is 0.0744. The number of benzene rings is 4. The molecule has 6 nitrogen and oxygen atoms in total. The summed E-state index contributed by atoms with van der Waals surface area (Å²) in [6, 6.07) is 25.4. The average Bonchev–Trinajstić information content (AvgIpc) is 4.18. The van der Waals surface area contributed by atoms with Crippen molar-refractivity contribution >= 4 is 46.5 Å². The maximum absolute atomic E-state index is 13.2. The molecular weight excluding hydrogens is 774 g/mol. The van der Waals surface area contributed by atoms with Gasteiger partial charge in [0.15, 0.2) is 0 Å². The zero-order valence-electron chi connectivity index (χ0n) is 34.6. The van der Waals surface area contributed by atoms with Gasteiger partial charge >= 0.3 is 0 Å². The van der Waals surface area contributed by atoms with Gasteiger partial charge in [0.05, 0.1) is 15.8 Å². The highest BCUT2D eigenvalue weighted by Gasteiger charge is 2.58. The van der Waals surface area contributed by atoms with Crippen LogP contribution in [-0.4, -0.2) is 43.3 Å². The summed E-state index contributed by atoms with van der Waals surface area (Å²) < 4.78 is 13.2. The molecule has 4 aromatic rings. The first-order chi connectivity index (χ1) is 28.4. The zero-order chi connectivity index (χ0) is 40.9. The van der Waals surface area contributed by atoms with E-state index in [0.29, 0.717) is 38.4 Å². The molecule has 9 unspecified atom stereocenters. The molecule has 0 radical (unpaired) electrons. The van der Waals surface area contributed by atoms with E-state index in [1.165, 1.54) is 83.7 Å². The van der Waals surface area contributed by atoms with Gasteiger partial charge in [-0.05, 0) is 159 Å². The molecule has 0 amide bonds. The Bertz CT molecular complexity index is 2400. The molecule has 6 aliphatic carbocycles. The van der Waals surface area contributed by atoms with Crippen molar-refractivity contribution in [1.82, 2.24) is 0 Å². The molecule has 59 heavy (non-hydrogen) atoms. The van der Waals surface area contributed by atoms with Gasteiger partial charge < -0.3 is 22.1 Å². The van der Waals surface area contributed by atoms with E-state index >= 15 is 0 Å². The Balaban J connectivity index is 0.0000000958. The van der Waals surface area contributed by atoms with Crippen LogP contribution in [0.1, 0.15) is 111 Å². The highest BCUT2D eigenvalue weighted by Crippen LogP contribution is 2.61. The Hall–Kier alpha value is -3.75. The zero-order valence-corrected chi connectivity index (χ0v) is 36.1. The molecule has 3 heterocycles. The van der Waals surface area contributed by atoms with E-state index in [2.05, 4.69) is 76.9 Å². The lowest BCUT2D eigenvalue weighted by Crippen LogP contribution is -2.23. The minimum atomic E-state index is -0.106. The summed E-state index contributed by atoms with van der Waals surface area (Å²) in [6.45, 7) is 8.83. The van der Waals surface area contributed by atoms with Gasteiger partial charge in [-0.1, -0.05) is 67.4 Å². The molecule has 9 atom stereocenters. The number of nitrogens with two attached hydrogens (primary N) is 2. The molecule has 9 heteroatoms. The smallest absolute Gasteiger partial charge is 0.137 e. The Morgan fingerprint density at radius 2 is 1.20 bits per heavy atom. The first-order valence-corrected chi connectivity index (χ1v) is 22.7. The van der Waals surface area contributed by atoms with Gasteiger partial charge in [0, 0.05) is 70.0 Å². The Labute approximate surface area is 358 Å². The van der Waals surface area contributed by atoms with Gasteiger partial charge in [-0.3, -0.25) is 9.98 Å². The van der Waals surface area contributed by atoms with Gasteiger partial charge in [0.1, 0.15) is 12.0 Å². The molecular formula is C50H57Cl2FN6. The van der Waals surface area contributed by atoms with E-state index in [1.807, 2.05) is 31.3 Å². The van der Waals surface area contributed by atoms with Crippen molar-refractivity contribution in [2.24, 2.45) is 33.3 Å². The first-order valence-electron chi connectivity index (χ1n) is 22.0. The Morgan fingerprint density at radius 3 is 1.81 bits per heavy atom. The van der Waals surface area contributed by atoms with Crippen LogP contribution in [0.15, 0.2) is 82.8 Å². The third kappa shape index (κ3) is 6.74. The highest BCUT2D eigenvalue weighted by atomic mass is 35.5. The second-order valence-electron chi connectivity index (χ2n) is 19.3. The van der Waals surface area contributed by atoms with Crippen LogP contribution in [0, 0.1) is 17.7 Å². The number of hydrogen-bond donors (Lipinski definition) is 4. The maximum atomic E-state index is 13.2. The van der Waals surface area contributed by atoms with E-state index in [-0.39, 0.29) is 17.4 Å². The predicted molar refractivity (Wildman–Crippen MR) is 243 cm³/mol. The molecule has 6 N–H and O–H groups in total. The van der Waals surface area contributed by atoms with Gasteiger partial charge in [0.25, 0.3) is 0 Å². The molecule has 0 bridgehead atoms. The number of para-hydroxylation sites is 1. The summed E-state index contributed by atoms with van der Waals surface area (Å²) in [5, 5.41) is 8.14. The second-order valence-corrected chi connectivity index (χ2v) is 20.1. The van der Waals surface area contributed by atoms with Crippen LogP contribution < -0.4 is 22.1 Å². The standard InChI is InChI=1S/C15H17N3.C12H14FN.C12H15N.C11H11Cl2N/c1-9-17-8-13(18-9)11-3-2-10-4-5-15(7-14(15)16)12(10)6-11;1-8-7-12(8)4-5-14-11-3-2-9(13)6-10(11)12;1-9-8-12(9)6-7-13-11-5-3-2-4-10(11)12;12-8-3-6-1-2-11(5-10(11)14)7(6)4-9(8)13/h2-3,6,8-9,14H,4-5,7,16H2,1H3;2-3,6,8,14H,4-5,7H2,1H3;2-5,9,13H,6-8H2,1H3;3-4,10H,1-2,5,14H2. The average molecular weight is 832 g/mol. The summed E-state index contributed by atoms with van der Waals surface area (Å²) in [6.07, 6.45) is 14.0. The van der Waals surface area contributed by atoms with Gasteiger partial charge in [0.2, 0.25) is 0 Å². The number of fused-ring (bicyclic) bond motifs is 8. The fourth-order valence-corrected chi connectivity index (χ4v) is 12.2. The fourth-order valence-electron chi connectivity index (χ4n) is 11.8. The number of aliphatic imine (C=N–C) groups is 2. The molecule has 4 aromatic carbocycles. The number of hydrogen-bond acceptors (Lipinski definition) is 6. The Kier molecular flexibility index (Phi) is 9.63. The van der Waals surface area contributed by atoms with Gasteiger partial charge in [-0.25, -0.2) is 4.39 Å². The van der Waals surface area contributed by atoms with Crippen molar-refractivity contribution < 1.29 is 4.39 Å². The van der Waals surface area contributed by atoms with Crippen LogP contribution in [0.25, 0.3) is 0 Å². The van der Waals surface area contributed by atoms with Crippen LogP contribution in [0.5, 0.6) is 0 Å². The summed E-state index contributed by atoms with van der Waals surface area (Å²) in [5.74, 6) is 1.52. The summed E-state index contributed by atoms with van der Waals surface area (Å²) in [5.41, 5.74) is 26.7. The van der Waals surface area contributed by atoms with Crippen molar-refractivity contribution in [1.29, 1.82) is 0 Å². The van der Waals surface area contributed by atoms with Crippen LogP contribution >= 0.6 is 23.2 Å². The molecule has 4 spiro atoms. The third-order valence-electron chi connectivity index (χ3n) is 16.0. The fraction of sp³-hybridized carbons (Fsp3) is 0.480. The number of aryl methyl sites for hydroxylation is 2. The maximum Gasteiger partial charge on any atom is 0.137 e. The highest BCUT2D eigenvalue weighted by molar-refractivity contribution is 6.42. The van der Waals surface area contributed by atoms with Crippen LogP contribution in [0.4, 0.5) is 15.8 Å². The molecule has 4 fully saturated rings. The van der Waals surface area contributed by atoms with E-state index in [4.69, 9.17) is 34.7 Å². The van der Waals surface area contributed by atoms with Crippen molar-refractivity contribution in [2.75, 3.05) is 23.7 Å². The summed E-state index contributed by atoms with van der Waals surface area (Å²) >= 11 is 12.0. The number of anilines is 2. The molecule has 13 rings (SSSR count). The normalized spacial score (nSPS) is 34.7. The van der Waals surface area contributed by atoms with Gasteiger partial charge in [-0.2, -0.15) is 0 Å². The van der Waals surface area contributed by atoms with E-state index in [9.17, 15) is 4.39 Å². The van der Waals surface area contributed by atoms with E-state index < -0.39 is 0 Å². The van der Waals surface area contributed by atoms with Crippen molar-refractivity contribution in [2.45, 2.75) is 125 Å². The Morgan fingerprint density at radius 1 is 0.627 bits per heavy atom. The number of rotatable bonds is 1.